The first-order valence-electron chi connectivity index (χ1n) is 11.8. The predicted octanol–water partition coefficient (Wildman–Crippen LogP) is 6.14. The quantitative estimate of drug-likeness (QED) is 0.464. The Morgan fingerprint density at radius 3 is 2.46 bits per heavy atom. The lowest BCUT2D eigenvalue weighted by Gasteiger charge is -2.44. The molecular weight excluding hydrogens is 352 g/mol. The summed E-state index contributed by atoms with van der Waals surface area (Å²) in [7, 11) is 0. The van der Waals surface area contributed by atoms with E-state index in [1.807, 2.05) is 0 Å². The lowest BCUT2D eigenvalue weighted by atomic mass is 9.86. The molecule has 28 heavy (non-hydrogen) atoms. The Labute approximate surface area is 172 Å². The molecular formula is C24H42O4. The summed E-state index contributed by atoms with van der Waals surface area (Å²) in [5, 5.41) is 0. The van der Waals surface area contributed by atoms with Crippen molar-refractivity contribution in [2.24, 2.45) is 5.92 Å². The summed E-state index contributed by atoms with van der Waals surface area (Å²) in [6.45, 7) is 11.6. The molecule has 3 aliphatic rings. The van der Waals surface area contributed by atoms with Gasteiger partial charge < -0.3 is 18.9 Å². The molecule has 0 saturated carbocycles. The van der Waals surface area contributed by atoms with Crippen molar-refractivity contribution >= 4 is 0 Å². The molecule has 3 rings (SSSR count). The average Bonchev–Trinajstić information content (AvgIpc) is 3.31. The van der Waals surface area contributed by atoms with E-state index in [1.54, 1.807) is 0 Å². The minimum atomic E-state index is -0.431. The van der Waals surface area contributed by atoms with Crippen molar-refractivity contribution in [3.05, 3.63) is 12.2 Å². The molecule has 3 heterocycles. The van der Waals surface area contributed by atoms with E-state index in [9.17, 15) is 0 Å². The minimum absolute atomic E-state index is 0.00950. The van der Waals surface area contributed by atoms with Crippen LogP contribution in [0.3, 0.4) is 0 Å². The summed E-state index contributed by atoms with van der Waals surface area (Å²) in [5.74, 6) is -0.284. The molecule has 0 aromatic heterocycles. The Hall–Kier alpha value is -0.420. The molecule has 0 aromatic carbocycles. The zero-order valence-electron chi connectivity index (χ0n) is 18.8. The van der Waals surface area contributed by atoms with Crippen molar-refractivity contribution in [3.63, 3.8) is 0 Å². The second-order valence-corrected chi connectivity index (χ2v) is 9.19. The monoisotopic (exact) mass is 394 g/mol. The van der Waals surface area contributed by atoms with Gasteiger partial charge in [-0.2, -0.15) is 0 Å². The van der Waals surface area contributed by atoms with Gasteiger partial charge in [-0.05, 0) is 51.4 Å². The highest BCUT2D eigenvalue weighted by Crippen LogP contribution is 2.52. The van der Waals surface area contributed by atoms with Crippen LogP contribution in [-0.4, -0.2) is 36.0 Å². The molecule has 0 bridgehead atoms. The van der Waals surface area contributed by atoms with Crippen molar-refractivity contribution < 1.29 is 18.9 Å². The Balaban J connectivity index is 1.76. The standard InChI is InChI=1S/C24H42O4/c1-6-10-12-20-19(5)13-15-24(26-20)17-16-22(28-24,14-11-7-2)21-18-25-23(8-3,9-4)27-21/h6,10,19-21H,7-9,11-18H2,1-5H3/t19-,20+,21-,22+,24-/m0/s1. The van der Waals surface area contributed by atoms with E-state index in [0.717, 1.165) is 51.4 Å². The predicted molar refractivity (Wildman–Crippen MR) is 112 cm³/mol. The third-order valence-corrected chi connectivity index (χ3v) is 7.38. The fourth-order valence-electron chi connectivity index (χ4n) is 5.24. The van der Waals surface area contributed by atoms with Gasteiger partial charge in [-0.1, -0.05) is 52.7 Å². The molecule has 0 aromatic rings. The smallest absolute Gasteiger partial charge is 0.169 e. The van der Waals surface area contributed by atoms with Gasteiger partial charge in [0.15, 0.2) is 11.6 Å². The number of hydrogen-bond acceptors (Lipinski definition) is 4. The average molecular weight is 395 g/mol. The first-order chi connectivity index (χ1) is 13.5. The lowest BCUT2D eigenvalue weighted by Crippen LogP contribution is -2.50. The third-order valence-electron chi connectivity index (χ3n) is 7.38. The van der Waals surface area contributed by atoms with E-state index in [0.29, 0.717) is 12.5 Å². The maximum absolute atomic E-state index is 6.95. The molecule has 3 saturated heterocycles. The third kappa shape index (κ3) is 4.35. The zero-order valence-corrected chi connectivity index (χ0v) is 18.8. The van der Waals surface area contributed by atoms with Crippen molar-refractivity contribution in [1.29, 1.82) is 0 Å². The number of unbranched alkanes of at least 4 members (excludes halogenated alkanes) is 1. The van der Waals surface area contributed by atoms with Crippen molar-refractivity contribution in [3.8, 4) is 0 Å². The lowest BCUT2D eigenvalue weighted by molar-refractivity contribution is -0.314. The van der Waals surface area contributed by atoms with E-state index in [4.69, 9.17) is 18.9 Å². The van der Waals surface area contributed by atoms with E-state index in [2.05, 4.69) is 46.8 Å². The van der Waals surface area contributed by atoms with Crippen molar-refractivity contribution in [2.45, 2.75) is 128 Å². The van der Waals surface area contributed by atoms with Gasteiger partial charge >= 0.3 is 0 Å². The van der Waals surface area contributed by atoms with Crippen LogP contribution in [0.15, 0.2) is 12.2 Å². The SMILES string of the molecule is CC=CC[C@H]1O[C@]2(CC[C@@H]1C)CC[C@](CCCC)([C@@H]1COC(CC)(CC)O1)O2. The van der Waals surface area contributed by atoms with Gasteiger partial charge in [0.05, 0.1) is 12.7 Å². The van der Waals surface area contributed by atoms with Crippen LogP contribution in [0.2, 0.25) is 0 Å². The Morgan fingerprint density at radius 2 is 1.82 bits per heavy atom. The fraction of sp³-hybridized carbons (Fsp3) is 0.917. The fourth-order valence-corrected chi connectivity index (χ4v) is 5.24. The van der Waals surface area contributed by atoms with Gasteiger partial charge in [-0.25, -0.2) is 0 Å². The van der Waals surface area contributed by atoms with Crippen LogP contribution in [0.4, 0.5) is 0 Å². The van der Waals surface area contributed by atoms with Crippen LogP contribution < -0.4 is 0 Å². The largest absolute Gasteiger partial charge is 0.347 e. The highest BCUT2D eigenvalue weighted by atomic mass is 16.8. The van der Waals surface area contributed by atoms with Crippen LogP contribution in [0.5, 0.6) is 0 Å². The van der Waals surface area contributed by atoms with Crippen molar-refractivity contribution in [1.82, 2.24) is 0 Å². The molecule has 0 amide bonds. The summed E-state index contributed by atoms with van der Waals surface area (Å²) < 4.78 is 26.4. The molecule has 5 atom stereocenters. The topological polar surface area (TPSA) is 36.9 Å². The van der Waals surface area contributed by atoms with E-state index in [-0.39, 0.29) is 17.8 Å². The summed E-state index contributed by atoms with van der Waals surface area (Å²) in [4.78, 5) is 0. The van der Waals surface area contributed by atoms with Crippen LogP contribution in [-0.2, 0) is 18.9 Å². The first-order valence-corrected chi connectivity index (χ1v) is 11.8. The molecule has 3 aliphatic heterocycles. The van der Waals surface area contributed by atoms with E-state index < -0.39 is 11.6 Å². The van der Waals surface area contributed by atoms with Gasteiger partial charge in [0.25, 0.3) is 0 Å². The van der Waals surface area contributed by atoms with E-state index in [1.165, 1.54) is 12.8 Å². The van der Waals surface area contributed by atoms with Crippen LogP contribution in [0, 0.1) is 5.92 Å². The second-order valence-electron chi connectivity index (χ2n) is 9.19. The number of rotatable bonds is 8. The molecule has 4 nitrogen and oxygen atoms in total. The Kier molecular flexibility index (Phi) is 7.28. The molecule has 0 aliphatic carbocycles. The van der Waals surface area contributed by atoms with Crippen LogP contribution >= 0.6 is 0 Å². The highest BCUT2D eigenvalue weighted by Gasteiger charge is 2.59. The minimum Gasteiger partial charge on any atom is -0.347 e. The molecule has 0 unspecified atom stereocenters. The highest BCUT2D eigenvalue weighted by molar-refractivity contribution is 5.03. The zero-order chi connectivity index (χ0) is 20.3. The molecule has 0 N–H and O–H groups in total. The number of allylic oxidation sites excluding steroid dienone is 1. The maximum Gasteiger partial charge on any atom is 0.169 e. The molecule has 162 valence electrons. The number of ether oxygens (including phenoxy) is 4. The Bertz CT molecular complexity index is 529. The maximum atomic E-state index is 6.95. The van der Waals surface area contributed by atoms with Gasteiger partial charge in [0, 0.05) is 12.8 Å². The second kappa shape index (κ2) is 9.16. The van der Waals surface area contributed by atoms with Crippen LogP contribution in [0.1, 0.15) is 98.8 Å². The van der Waals surface area contributed by atoms with Crippen molar-refractivity contribution in [2.75, 3.05) is 6.61 Å². The molecule has 0 radical (unpaired) electrons. The van der Waals surface area contributed by atoms with Gasteiger partial charge in [-0.3, -0.25) is 0 Å². The first kappa shape index (κ1) is 22.3. The normalized spacial score (nSPS) is 40.7. The summed E-state index contributed by atoms with van der Waals surface area (Å²) in [6.07, 6.45) is 14.8. The van der Waals surface area contributed by atoms with Crippen LogP contribution in [0.25, 0.3) is 0 Å². The summed E-state index contributed by atoms with van der Waals surface area (Å²) >= 11 is 0. The molecule has 4 heteroatoms. The van der Waals surface area contributed by atoms with Gasteiger partial charge in [-0.15, -0.1) is 0 Å². The molecule has 3 fully saturated rings. The van der Waals surface area contributed by atoms with Gasteiger partial charge in [0.1, 0.15) is 11.7 Å². The summed E-state index contributed by atoms with van der Waals surface area (Å²) in [6, 6.07) is 0. The molecule has 1 spiro atoms. The Morgan fingerprint density at radius 1 is 1.04 bits per heavy atom. The summed E-state index contributed by atoms with van der Waals surface area (Å²) in [5.41, 5.74) is -0.270. The van der Waals surface area contributed by atoms with Gasteiger partial charge in [0.2, 0.25) is 0 Å². The van der Waals surface area contributed by atoms with E-state index >= 15 is 0 Å². The number of hydrogen-bond donors (Lipinski definition) is 0.